The highest BCUT2D eigenvalue weighted by molar-refractivity contribution is 5.76. The second-order valence-corrected chi connectivity index (χ2v) is 7.95. The number of ether oxygens (including phenoxy) is 2. The van der Waals surface area contributed by atoms with E-state index in [9.17, 15) is 18.0 Å². The fourth-order valence-corrected chi connectivity index (χ4v) is 4.09. The average molecular weight is 429 g/mol. The molecule has 3 rings (SSSR count). The van der Waals surface area contributed by atoms with E-state index in [1.807, 2.05) is 0 Å². The van der Waals surface area contributed by atoms with E-state index in [4.69, 9.17) is 9.47 Å². The first-order valence-electron chi connectivity index (χ1n) is 10.5. The van der Waals surface area contributed by atoms with Crippen molar-refractivity contribution in [3.05, 3.63) is 29.1 Å². The molecule has 0 spiro atoms. The number of nitrogens with one attached hydrogen (secondary N) is 1. The second-order valence-electron chi connectivity index (χ2n) is 7.95. The van der Waals surface area contributed by atoms with E-state index in [1.54, 1.807) is 12.0 Å². The number of aromatic nitrogens is 1. The summed E-state index contributed by atoms with van der Waals surface area (Å²) in [7, 11) is 1.67. The second kappa shape index (κ2) is 10.1. The van der Waals surface area contributed by atoms with Crippen molar-refractivity contribution in [1.29, 1.82) is 0 Å². The molecule has 1 amide bonds. The van der Waals surface area contributed by atoms with E-state index in [0.29, 0.717) is 50.3 Å². The Morgan fingerprint density at radius 3 is 2.97 bits per heavy atom. The molecule has 2 aliphatic rings. The van der Waals surface area contributed by atoms with E-state index >= 15 is 0 Å². The minimum Gasteiger partial charge on any atom is -0.379 e. The predicted octanol–water partition coefficient (Wildman–Crippen LogP) is 2.94. The molecule has 1 aromatic rings. The van der Waals surface area contributed by atoms with Crippen LogP contribution in [0.5, 0.6) is 0 Å². The zero-order chi connectivity index (χ0) is 21.7. The molecule has 9 heteroatoms. The number of amides is 1. The number of hydrogen-bond donors (Lipinski definition) is 1. The molecule has 1 fully saturated rings. The molecule has 0 saturated carbocycles. The maximum Gasteiger partial charge on any atom is 0.417 e. The fourth-order valence-electron chi connectivity index (χ4n) is 4.09. The van der Waals surface area contributed by atoms with Crippen LogP contribution in [0.3, 0.4) is 0 Å². The number of methoxy groups -OCH3 is 1. The van der Waals surface area contributed by atoms with E-state index < -0.39 is 11.7 Å². The van der Waals surface area contributed by atoms with Crippen molar-refractivity contribution in [2.75, 3.05) is 26.9 Å². The molecular weight excluding hydrogens is 399 g/mol. The first-order chi connectivity index (χ1) is 14.3. The van der Waals surface area contributed by atoms with Crippen molar-refractivity contribution >= 4 is 5.91 Å². The number of nitrogens with zero attached hydrogens (tertiary/aromatic N) is 2. The Balaban J connectivity index is 1.54. The predicted molar refractivity (Wildman–Crippen MR) is 105 cm³/mol. The maximum absolute atomic E-state index is 13.0. The molecule has 0 bridgehead atoms. The van der Waals surface area contributed by atoms with E-state index in [1.165, 1.54) is 0 Å². The number of fused-ring (bicyclic) bond motifs is 1. The van der Waals surface area contributed by atoms with Crippen LogP contribution in [0.2, 0.25) is 0 Å². The van der Waals surface area contributed by atoms with Gasteiger partial charge in [-0.1, -0.05) is 6.92 Å². The number of halogens is 3. The largest absolute Gasteiger partial charge is 0.417 e. The summed E-state index contributed by atoms with van der Waals surface area (Å²) in [5.41, 5.74) is 0.361. The minimum atomic E-state index is -4.43. The zero-order valence-electron chi connectivity index (χ0n) is 17.5. The first-order valence-corrected chi connectivity index (χ1v) is 10.5. The topological polar surface area (TPSA) is 63.7 Å². The molecule has 3 heterocycles. The van der Waals surface area contributed by atoms with Crippen LogP contribution in [0, 0.1) is 0 Å². The van der Waals surface area contributed by atoms with Crippen LogP contribution in [0.4, 0.5) is 13.2 Å². The molecule has 0 radical (unpaired) electrons. The number of alkyl halides is 3. The normalized spacial score (nSPS) is 23.2. The molecule has 3 unspecified atom stereocenters. The molecule has 1 N–H and O–H groups in total. The van der Waals surface area contributed by atoms with Gasteiger partial charge >= 0.3 is 6.18 Å². The van der Waals surface area contributed by atoms with Crippen LogP contribution >= 0.6 is 0 Å². The van der Waals surface area contributed by atoms with E-state index in [-0.39, 0.29) is 30.6 Å². The summed E-state index contributed by atoms with van der Waals surface area (Å²) >= 11 is 0. The van der Waals surface area contributed by atoms with E-state index in [2.05, 4.69) is 17.2 Å². The highest BCUT2D eigenvalue weighted by Gasteiger charge is 2.33. The summed E-state index contributed by atoms with van der Waals surface area (Å²) in [6.45, 7) is 3.99. The van der Waals surface area contributed by atoms with Gasteiger partial charge in [-0.2, -0.15) is 13.2 Å². The summed E-state index contributed by atoms with van der Waals surface area (Å²) in [4.78, 5) is 18.3. The molecule has 1 saturated heterocycles. The Bertz CT molecular complexity index is 729. The molecule has 0 aromatic carbocycles. The Hall–Kier alpha value is -1.71. The quantitative estimate of drug-likeness (QED) is 0.722. The summed E-state index contributed by atoms with van der Waals surface area (Å²) in [5, 5.41) is 3.59. The minimum absolute atomic E-state index is 0.00238. The summed E-state index contributed by atoms with van der Waals surface area (Å²) in [6.07, 6.45) is -0.315. The Morgan fingerprint density at radius 1 is 1.47 bits per heavy atom. The van der Waals surface area contributed by atoms with Gasteiger partial charge in [0.15, 0.2) is 0 Å². The fraction of sp³-hybridized carbons (Fsp3) is 0.714. The average Bonchev–Trinajstić information content (AvgIpc) is 2.75. The number of hydrogen-bond acceptors (Lipinski definition) is 5. The number of carbonyl (C=O) groups is 1. The monoisotopic (exact) mass is 429 g/mol. The Labute approximate surface area is 175 Å². The summed E-state index contributed by atoms with van der Waals surface area (Å²) in [5.74, 6) is -0.0337. The van der Waals surface area contributed by atoms with Gasteiger partial charge in [0, 0.05) is 63.6 Å². The van der Waals surface area contributed by atoms with Crippen molar-refractivity contribution in [2.45, 2.75) is 69.9 Å². The van der Waals surface area contributed by atoms with Gasteiger partial charge in [-0.3, -0.25) is 9.78 Å². The first kappa shape index (κ1) is 23.0. The molecular formula is C21H30F3N3O3. The number of carbonyl (C=O) groups excluding carboxylic acids is 1. The smallest absolute Gasteiger partial charge is 0.379 e. The van der Waals surface area contributed by atoms with Crippen LogP contribution in [0.1, 0.15) is 49.4 Å². The molecule has 1 aromatic heterocycles. The van der Waals surface area contributed by atoms with Gasteiger partial charge in [0.2, 0.25) is 5.91 Å². The molecule has 2 aliphatic heterocycles. The van der Waals surface area contributed by atoms with Crippen molar-refractivity contribution in [2.24, 2.45) is 0 Å². The Kier molecular flexibility index (Phi) is 7.70. The van der Waals surface area contributed by atoms with Gasteiger partial charge in [-0.25, -0.2) is 0 Å². The van der Waals surface area contributed by atoms with Gasteiger partial charge < -0.3 is 19.7 Å². The van der Waals surface area contributed by atoms with Crippen LogP contribution in [-0.2, 0) is 33.4 Å². The maximum atomic E-state index is 13.0. The van der Waals surface area contributed by atoms with Crippen LogP contribution in [-0.4, -0.2) is 60.8 Å². The van der Waals surface area contributed by atoms with Crippen LogP contribution < -0.4 is 5.32 Å². The number of rotatable bonds is 7. The van der Waals surface area contributed by atoms with Gasteiger partial charge in [0.05, 0.1) is 18.3 Å². The third-order valence-corrected chi connectivity index (χ3v) is 5.98. The van der Waals surface area contributed by atoms with Crippen molar-refractivity contribution in [3.63, 3.8) is 0 Å². The van der Waals surface area contributed by atoms with Crippen LogP contribution in [0.25, 0.3) is 0 Å². The highest BCUT2D eigenvalue weighted by Crippen LogP contribution is 2.31. The molecule has 0 aliphatic carbocycles. The van der Waals surface area contributed by atoms with Crippen molar-refractivity contribution in [1.82, 2.24) is 15.2 Å². The van der Waals surface area contributed by atoms with Crippen molar-refractivity contribution < 1.29 is 27.4 Å². The van der Waals surface area contributed by atoms with Gasteiger partial charge in [0.25, 0.3) is 0 Å². The third kappa shape index (κ3) is 5.70. The highest BCUT2D eigenvalue weighted by atomic mass is 19.4. The molecule has 6 nitrogen and oxygen atoms in total. The van der Waals surface area contributed by atoms with E-state index in [0.717, 1.165) is 25.1 Å². The lowest BCUT2D eigenvalue weighted by Gasteiger charge is -2.34. The lowest BCUT2D eigenvalue weighted by Crippen LogP contribution is -2.51. The molecule has 30 heavy (non-hydrogen) atoms. The standard InChI is InChI=1S/C21H30F3N3O3/c1-3-16(26-18-7-9-30-13-19(18)29-2)4-5-20(28)27-8-6-17-14(12-27)10-15(11-25-17)21(22,23)24/h10-11,16,18-19,26H,3-9,12-13H2,1-2H3. The molecule has 168 valence electrons. The van der Waals surface area contributed by atoms with Gasteiger partial charge in [-0.05, 0) is 30.9 Å². The Morgan fingerprint density at radius 2 is 2.27 bits per heavy atom. The summed E-state index contributed by atoms with van der Waals surface area (Å²) in [6, 6.07) is 1.48. The number of pyridine rings is 1. The lowest BCUT2D eigenvalue weighted by atomic mass is 10.0. The van der Waals surface area contributed by atoms with Gasteiger partial charge in [0.1, 0.15) is 0 Å². The third-order valence-electron chi connectivity index (χ3n) is 5.98. The van der Waals surface area contributed by atoms with Crippen LogP contribution in [0.15, 0.2) is 12.3 Å². The van der Waals surface area contributed by atoms with Crippen molar-refractivity contribution in [3.8, 4) is 0 Å². The summed E-state index contributed by atoms with van der Waals surface area (Å²) < 4.78 is 49.8. The molecule has 3 atom stereocenters. The SMILES string of the molecule is CCC(CCC(=O)N1CCc2ncc(C(F)(F)F)cc2C1)NC1CCOCC1OC. The lowest BCUT2D eigenvalue weighted by molar-refractivity contribution is -0.137. The zero-order valence-corrected chi connectivity index (χ0v) is 17.5. The van der Waals surface area contributed by atoms with Gasteiger partial charge in [-0.15, -0.1) is 0 Å².